The van der Waals surface area contributed by atoms with Crippen molar-refractivity contribution in [3.8, 4) is 6.07 Å². The van der Waals surface area contributed by atoms with Gasteiger partial charge in [0.25, 0.3) is 12.1 Å². The highest BCUT2D eigenvalue weighted by atomic mass is 15.2. The summed E-state index contributed by atoms with van der Waals surface area (Å²) in [5, 5.41) is 0. The van der Waals surface area contributed by atoms with E-state index in [9.17, 15) is 0 Å². The first-order chi connectivity index (χ1) is 6.92. The molecule has 70 valence electrons. The molecule has 2 aliphatic rings. The van der Waals surface area contributed by atoms with E-state index in [4.69, 9.17) is 0 Å². The van der Waals surface area contributed by atoms with Crippen molar-refractivity contribution in [2.24, 2.45) is 0 Å². The second-order valence-corrected chi connectivity index (χ2v) is 4.08. The van der Waals surface area contributed by atoms with Gasteiger partial charge >= 0.3 is 0 Å². The van der Waals surface area contributed by atoms with Crippen LogP contribution in [0, 0.1) is 6.07 Å². The van der Waals surface area contributed by atoms with Gasteiger partial charge in [-0.3, -0.25) is 4.90 Å². The molecular formula is C12H13N2+. The first-order valence-corrected chi connectivity index (χ1v) is 5.15. The molecule has 0 unspecified atom stereocenters. The first-order valence-electron chi connectivity index (χ1n) is 5.15. The minimum absolute atomic E-state index is 0.486. The molecule has 0 radical (unpaired) electrons. The van der Waals surface area contributed by atoms with Crippen LogP contribution < -0.4 is 0 Å². The maximum Gasteiger partial charge on any atom is 0.292 e. The lowest BCUT2D eigenvalue weighted by molar-refractivity contribution is 0.283. The molecule has 0 spiro atoms. The lowest BCUT2D eigenvalue weighted by Gasteiger charge is -2.16. The van der Waals surface area contributed by atoms with Crippen molar-refractivity contribution < 1.29 is 0 Å². The molecule has 0 N–H and O–H groups in total. The summed E-state index contributed by atoms with van der Waals surface area (Å²) in [5.41, 5.74) is 1.39. The van der Waals surface area contributed by atoms with Crippen LogP contribution in [-0.4, -0.2) is 23.5 Å². The Morgan fingerprint density at radius 3 is 2.86 bits per heavy atom. The van der Waals surface area contributed by atoms with Gasteiger partial charge < -0.3 is 0 Å². The Hall–Kier alpha value is -1.33. The van der Waals surface area contributed by atoms with E-state index in [2.05, 4.69) is 46.1 Å². The fraction of sp³-hybridized carbons (Fsp3) is 0.417. The molecule has 3 rings (SSSR count). The van der Waals surface area contributed by atoms with Gasteiger partial charge in [-0.25, -0.2) is 0 Å². The third kappa shape index (κ3) is 1.30. The number of hydrogen-bond acceptors (Lipinski definition) is 1. The van der Waals surface area contributed by atoms with Crippen molar-refractivity contribution in [2.75, 3.05) is 6.54 Å². The van der Waals surface area contributed by atoms with Crippen LogP contribution in [0.3, 0.4) is 0 Å². The van der Waals surface area contributed by atoms with Crippen molar-refractivity contribution in [3.05, 3.63) is 40.7 Å². The van der Waals surface area contributed by atoms with Gasteiger partial charge in [-0.2, -0.15) is 0 Å². The van der Waals surface area contributed by atoms with Crippen molar-refractivity contribution in [3.63, 3.8) is 0 Å². The molecule has 2 heterocycles. The molecule has 2 aliphatic heterocycles. The Bertz CT molecular complexity index is 388. The van der Waals surface area contributed by atoms with E-state index in [0.29, 0.717) is 12.1 Å². The van der Waals surface area contributed by atoms with Gasteiger partial charge in [0.2, 0.25) is 0 Å². The molecule has 1 aromatic carbocycles. The fourth-order valence-corrected chi connectivity index (χ4v) is 2.29. The number of rotatable bonds is 2. The van der Waals surface area contributed by atoms with E-state index < -0.39 is 0 Å². The molecule has 0 aromatic heterocycles. The van der Waals surface area contributed by atoms with E-state index in [1.807, 2.05) is 0 Å². The highest BCUT2D eigenvalue weighted by Crippen LogP contribution is 2.26. The monoisotopic (exact) mass is 185 g/mol. The second kappa shape index (κ2) is 3.11. The van der Waals surface area contributed by atoms with Gasteiger partial charge in [-0.15, -0.1) is 0 Å². The zero-order valence-corrected chi connectivity index (χ0v) is 8.06. The molecular weight excluding hydrogens is 172 g/mol. The average molecular weight is 185 g/mol. The van der Waals surface area contributed by atoms with Gasteiger partial charge in [0.05, 0.1) is 13.0 Å². The molecule has 0 aliphatic carbocycles. The summed E-state index contributed by atoms with van der Waals surface area (Å²) in [6, 6.07) is 14.8. The summed E-state index contributed by atoms with van der Waals surface area (Å²) in [6.07, 6.45) is 1.19. The topological polar surface area (TPSA) is 7.60 Å². The van der Waals surface area contributed by atoms with Gasteiger partial charge in [0, 0.05) is 6.54 Å². The molecule has 14 heavy (non-hydrogen) atoms. The fourth-order valence-electron chi connectivity index (χ4n) is 2.29. The van der Waals surface area contributed by atoms with E-state index in [-0.39, 0.29) is 0 Å². The Kier molecular flexibility index (Phi) is 1.78. The van der Waals surface area contributed by atoms with Crippen LogP contribution in [0.5, 0.6) is 0 Å². The SMILES string of the molecule is C1#[N+][C@H]2C[C@@H]1N(Cc1ccccc1)C2. The molecule has 1 aromatic rings. The van der Waals surface area contributed by atoms with Crippen molar-refractivity contribution in [1.29, 1.82) is 0 Å². The highest BCUT2D eigenvalue weighted by molar-refractivity contribution is 5.21. The predicted octanol–water partition coefficient (Wildman–Crippen LogP) is 1.98. The Balaban J connectivity index is 1.73. The van der Waals surface area contributed by atoms with E-state index in [0.717, 1.165) is 13.1 Å². The molecule has 2 heteroatoms. The standard InChI is InChI=1S/C12H13N2/c1-2-4-10(5-3-1)8-14-9-11-6-12(14)7-13-11/h1-5,11-12H,6,8-9H2/q+1/t11-,12-/m0/s1. The van der Waals surface area contributed by atoms with E-state index in [1.165, 1.54) is 12.0 Å². The van der Waals surface area contributed by atoms with E-state index in [1.54, 1.807) is 0 Å². The Morgan fingerprint density at radius 1 is 1.36 bits per heavy atom. The molecule has 2 atom stereocenters. The summed E-state index contributed by atoms with van der Waals surface area (Å²) in [4.78, 5) is 6.77. The zero-order valence-electron chi connectivity index (χ0n) is 8.06. The number of nitrogens with zero attached hydrogens (tertiary/aromatic N) is 2. The van der Waals surface area contributed by atoms with Crippen LogP contribution in [0.2, 0.25) is 0 Å². The van der Waals surface area contributed by atoms with Crippen LogP contribution in [0.4, 0.5) is 0 Å². The largest absolute Gasteiger partial charge is 0.292 e. The second-order valence-electron chi connectivity index (χ2n) is 4.08. The lowest BCUT2D eigenvalue weighted by Crippen LogP contribution is -2.29. The van der Waals surface area contributed by atoms with Crippen LogP contribution in [-0.2, 0) is 6.54 Å². The molecule has 1 saturated heterocycles. The van der Waals surface area contributed by atoms with E-state index >= 15 is 0 Å². The summed E-state index contributed by atoms with van der Waals surface area (Å²) in [6.45, 7) is 2.16. The third-order valence-electron chi connectivity index (χ3n) is 3.02. The third-order valence-corrected chi connectivity index (χ3v) is 3.02. The summed E-state index contributed by atoms with van der Waals surface area (Å²) in [7, 11) is 0. The maximum absolute atomic E-state index is 4.30. The molecule has 0 amide bonds. The Morgan fingerprint density at radius 2 is 2.21 bits per heavy atom. The van der Waals surface area contributed by atoms with Crippen molar-refractivity contribution in [1.82, 2.24) is 4.90 Å². The molecule has 1 fully saturated rings. The number of hydrogen-bond donors (Lipinski definition) is 0. The van der Waals surface area contributed by atoms with Crippen LogP contribution in [0.15, 0.2) is 30.3 Å². The minimum Gasteiger partial charge on any atom is -0.272 e. The summed E-state index contributed by atoms with van der Waals surface area (Å²) in [5.74, 6) is 0. The Labute approximate surface area is 84.0 Å². The first kappa shape index (κ1) is 8.02. The van der Waals surface area contributed by atoms with Gasteiger partial charge in [0.1, 0.15) is 0 Å². The van der Waals surface area contributed by atoms with Crippen LogP contribution >= 0.6 is 0 Å². The molecule has 2 bridgehead atoms. The number of fused-ring (bicyclic) bond motifs is 2. The normalized spacial score (nSPS) is 28.9. The molecule has 2 nitrogen and oxygen atoms in total. The predicted molar refractivity (Wildman–Crippen MR) is 56.3 cm³/mol. The highest BCUT2D eigenvalue weighted by Gasteiger charge is 2.44. The summed E-state index contributed by atoms with van der Waals surface area (Å²) >= 11 is 0. The molecule has 0 saturated carbocycles. The average Bonchev–Trinajstić information content (AvgIpc) is 2.81. The van der Waals surface area contributed by atoms with Crippen molar-refractivity contribution in [2.45, 2.75) is 25.0 Å². The number of benzene rings is 1. The van der Waals surface area contributed by atoms with Crippen LogP contribution in [0.1, 0.15) is 12.0 Å². The van der Waals surface area contributed by atoms with Gasteiger partial charge in [-0.1, -0.05) is 35.2 Å². The smallest absolute Gasteiger partial charge is 0.272 e. The minimum atomic E-state index is 0.486. The van der Waals surface area contributed by atoms with Gasteiger partial charge in [-0.05, 0) is 5.56 Å². The lowest BCUT2D eigenvalue weighted by atomic mass is 10.2. The van der Waals surface area contributed by atoms with Crippen molar-refractivity contribution >= 4 is 0 Å². The maximum atomic E-state index is 4.30. The number of likely N-dealkylation sites (tertiary alicyclic amines) is 1. The van der Waals surface area contributed by atoms with Gasteiger partial charge in [0.15, 0.2) is 6.04 Å². The zero-order chi connectivity index (χ0) is 9.38. The van der Waals surface area contributed by atoms with Crippen LogP contribution in [0.25, 0.3) is 4.85 Å². The quantitative estimate of drug-likeness (QED) is 0.683. The summed E-state index contributed by atoms with van der Waals surface area (Å²) < 4.78 is 0.